The Hall–Kier alpha value is -0.610. The van der Waals surface area contributed by atoms with E-state index in [1.807, 2.05) is 0 Å². The van der Waals surface area contributed by atoms with Gasteiger partial charge in [0, 0.05) is 13.2 Å². The van der Waals surface area contributed by atoms with Gasteiger partial charge in [-0.2, -0.15) is 0 Å². The van der Waals surface area contributed by atoms with Crippen LogP contribution in [-0.4, -0.2) is 30.2 Å². The van der Waals surface area contributed by atoms with Gasteiger partial charge in [-0.1, -0.05) is 6.42 Å². The zero-order valence-corrected chi connectivity index (χ0v) is 8.70. The molecular formula is C10H20N2O2. The summed E-state index contributed by atoms with van der Waals surface area (Å²) in [6.45, 7) is 2.57. The molecule has 0 aromatic carbocycles. The van der Waals surface area contributed by atoms with Crippen LogP contribution in [0, 0.1) is 11.8 Å². The lowest BCUT2D eigenvalue weighted by atomic mass is 9.97. The Bertz CT molecular complexity index is 195. The second-order valence-electron chi connectivity index (χ2n) is 4.17. The van der Waals surface area contributed by atoms with Crippen LogP contribution in [0.5, 0.6) is 0 Å². The van der Waals surface area contributed by atoms with E-state index in [2.05, 4.69) is 5.32 Å². The van der Waals surface area contributed by atoms with E-state index < -0.39 is 6.04 Å². The highest BCUT2D eigenvalue weighted by atomic mass is 16.3. The fourth-order valence-corrected chi connectivity index (χ4v) is 2.02. The van der Waals surface area contributed by atoms with Crippen LogP contribution in [0.15, 0.2) is 0 Å². The van der Waals surface area contributed by atoms with Crippen LogP contribution >= 0.6 is 0 Å². The first-order valence-electron chi connectivity index (χ1n) is 5.29. The SMILES string of the molecule is C[C@H](N)C(=O)NCC1CCCC1CO. The van der Waals surface area contributed by atoms with E-state index >= 15 is 0 Å². The standard InChI is InChI=1S/C10H20N2O2/c1-7(11)10(14)12-5-8-3-2-4-9(8)6-13/h7-9,13H,2-6,11H2,1H3,(H,12,14)/t7-,8?,9?/m0/s1. The minimum Gasteiger partial charge on any atom is -0.396 e. The van der Waals surface area contributed by atoms with E-state index in [0.717, 1.165) is 19.3 Å². The van der Waals surface area contributed by atoms with Gasteiger partial charge in [-0.25, -0.2) is 0 Å². The third kappa shape index (κ3) is 2.96. The highest BCUT2D eigenvalue weighted by molar-refractivity contribution is 5.80. The van der Waals surface area contributed by atoms with E-state index in [-0.39, 0.29) is 12.5 Å². The molecule has 4 nitrogen and oxygen atoms in total. The molecule has 1 aliphatic carbocycles. The Labute approximate surface area is 84.9 Å². The van der Waals surface area contributed by atoms with Gasteiger partial charge in [-0.3, -0.25) is 4.79 Å². The molecule has 4 N–H and O–H groups in total. The molecule has 3 atom stereocenters. The maximum absolute atomic E-state index is 11.2. The number of carbonyl (C=O) groups excluding carboxylic acids is 1. The summed E-state index contributed by atoms with van der Waals surface area (Å²) in [5, 5.41) is 11.9. The lowest BCUT2D eigenvalue weighted by Crippen LogP contribution is -2.41. The van der Waals surface area contributed by atoms with Crippen LogP contribution in [0.4, 0.5) is 0 Å². The molecular weight excluding hydrogens is 180 g/mol. The second kappa shape index (κ2) is 5.32. The number of aliphatic hydroxyl groups excluding tert-OH is 1. The third-order valence-corrected chi connectivity index (χ3v) is 3.00. The van der Waals surface area contributed by atoms with Gasteiger partial charge < -0.3 is 16.2 Å². The first-order valence-corrected chi connectivity index (χ1v) is 5.29. The van der Waals surface area contributed by atoms with Crippen molar-refractivity contribution in [2.75, 3.05) is 13.2 Å². The molecule has 0 saturated heterocycles. The van der Waals surface area contributed by atoms with E-state index in [4.69, 9.17) is 10.8 Å². The van der Waals surface area contributed by atoms with Crippen LogP contribution in [-0.2, 0) is 4.79 Å². The van der Waals surface area contributed by atoms with Gasteiger partial charge in [0.05, 0.1) is 6.04 Å². The van der Waals surface area contributed by atoms with Crippen molar-refractivity contribution in [3.8, 4) is 0 Å². The van der Waals surface area contributed by atoms with Gasteiger partial charge in [-0.15, -0.1) is 0 Å². The summed E-state index contributed by atoms with van der Waals surface area (Å²) in [5.74, 6) is 0.694. The van der Waals surface area contributed by atoms with Crippen LogP contribution in [0.1, 0.15) is 26.2 Å². The van der Waals surface area contributed by atoms with Crippen molar-refractivity contribution >= 4 is 5.91 Å². The number of aliphatic hydroxyl groups is 1. The second-order valence-corrected chi connectivity index (χ2v) is 4.17. The Morgan fingerprint density at radius 3 is 2.79 bits per heavy atom. The molecule has 1 rings (SSSR count). The van der Waals surface area contributed by atoms with E-state index in [0.29, 0.717) is 18.4 Å². The number of hydrogen-bond acceptors (Lipinski definition) is 3. The normalized spacial score (nSPS) is 28.8. The van der Waals surface area contributed by atoms with Crippen LogP contribution in [0.3, 0.4) is 0 Å². The van der Waals surface area contributed by atoms with Crippen molar-refractivity contribution in [3.63, 3.8) is 0 Å². The van der Waals surface area contributed by atoms with Crippen molar-refractivity contribution in [1.29, 1.82) is 0 Å². The first kappa shape index (κ1) is 11.5. The fraction of sp³-hybridized carbons (Fsp3) is 0.900. The molecule has 1 fully saturated rings. The predicted molar refractivity (Wildman–Crippen MR) is 54.6 cm³/mol. The lowest BCUT2D eigenvalue weighted by Gasteiger charge is -2.18. The third-order valence-electron chi connectivity index (χ3n) is 3.00. The van der Waals surface area contributed by atoms with Gasteiger partial charge in [0.25, 0.3) is 0 Å². The van der Waals surface area contributed by atoms with Crippen LogP contribution in [0.2, 0.25) is 0 Å². The van der Waals surface area contributed by atoms with Crippen molar-refractivity contribution < 1.29 is 9.90 Å². The average Bonchev–Trinajstić information content (AvgIpc) is 2.60. The number of rotatable bonds is 4. The summed E-state index contributed by atoms with van der Waals surface area (Å²) in [4.78, 5) is 11.2. The number of nitrogens with one attached hydrogen (secondary N) is 1. The Kier molecular flexibility index (Phi) is 4.35. The minimum absolute atomic E-state index is 0.103. The van der Waals surface area contributed by atoms with Gasteiger partial charge in [0.15, 0.2) is 0 Å². The van der Waals surface area contributed by atoms with E-state index in [1.54, 1.807) is 6.92 Å². The monoisotopic (exact) mass is 200 g/mol. The van der Waals surface area contributed by atoms with Crippen molar-refractivity contribution in [2.24, 2.45) is 17.6 Å². The highest BCUT2D eigenvalue weighted by Crippen LogP contribution is 2.30. The van der Waals surface area contributed by atoms with Crippen molar-refractivity contribution in [1.82, 2.24) is 5.32 Å². The molecule has 2 unspecified atom stereocenters. The fourth-order valence-electron chi connectivity index (χ4n) is 2.02. The summed E-state index contributed by atoms with van der Waals surface area (Å²) >= 11 is 0. The maximum Gasteiger partial charge on any atom is 0.236 e. The molecule has 1 aliphatic rings. The molecule has 0 radical (unpaired) electrons. The Morgan fingerprint density at radius 2 is 2.21 bits per heavy atom. The Morgan fingerprint density at radius 1 is 1.57 bits per heavy atom. The van der Waals surface area contributed by atoms with Crippen molar-refractivity contribution in [3.05, 3.63) is 0 Å². The lowest BCUT2D eigenvalue weighted by molar-refractivity contribution is -0.122. The largest absolute Gasteiger partial charge is 0.396 e. The molecule has 14 heavy (non-hydrogen) atoms. The molecule has 1 amide bonds. The maximum atomic E-state index is 11.2. The zero-order chi connectivity index (χ0) is 10.6. The molecule has 1 saturated carbocycles. The summed E-state index contributed by atoms with van der Waals surface area (Å²) in [5.41, 5.74) is 5.43. The molecule has 0 heterocycles. The molecule has 0 aromatic rings. The first-order chi connectivity index (χ1) is 6.65. The van der Waals surface area contributed by atoms with Gasteiger partial charge >= 0.3 is 0 Å². The smallest absolute Gasteiger partial charge is 0.236 e. The summed E-state index contributed by atoms with van der Waals surface area (Å²) < 4.78 is 0. The van der Waals surface area contributed by atoms with Crippen molar-refractivity contribution in [2.45, 2.75) is 32.2 Å². The molecule has 4 heteroatoms. The van der Waals surface area contributed by atoms with Crippen LogP contribution < -0.4 is 11.1 Å². The highest BCUT2D eigenvalue weighted by Gasteiger charge is 2.26. The number of amides is 1. The molecule has 0 aromatic heterocycles. The van der Waals surface area contributed by atoms with Crippen LogP contribution in [0.25, 0.3) is 0 Å². The molecule has 82 valence electrons. The van der Waals surface area contributed by atoms with E-state index in [9.17, 15) is 4.79 Å². The molecule has 0 aliphatic heterocycles. The molecule has 0 bridgehead atoms. The van der Waals surface area contributed by atoms with Gasteiger partial charge in [-0.05, 0) is 31.6 Å². The predicted octanol–water partition coefficient (Wildman–Crippen LogP) is -0.142. The van der Waals surface area contributed by atoms with E-state index in [1.165, 1.54) is 0 Å². The summed E-state index contributed by atoms with van der Waals surface area (Å²) in [7, 11) is 0. The quantitative estimate of drug-likeness (QED) is 0.591. The topological polar surface area (TPSA) is 75.4 Å². The number of hydrogen-bond donors (Lipinski definition) is 3. The number of nitrogens with two attached hydrogens (primary N) is 1. The van der Waals surface area contributed by atoms with Gasteiger partial charge in [0.1, 0.15) is 0 Å². The molecule has 0 spiro atoms. The summed E-state index contributed by atoms with van der Waals surface area (Å²) in [6.07, 6.45) is 3.34. The number of carbonyl (C=O) groups is 1. The Balaban J connectivity index is 2.27. The average molecular weight is 200 g/mol. The van der Waals surface area contributed by atoms with Gasteiger partial charge in [0.2, 0.25) is 5.91 Å². The summed E-state index contributed by atoms with van der Waals surface area (Å²) in [6, 6.07) is -0.441. The zero-order valence-electron chi connectivity index (χ0n) is 8.70. The minimum atomic E-state index is -0.441.